The molecule has 0 aliphatic carbocycles. The molecular weight excluding hydrogens is 410 g/mol. The molecule has 0 amide bonds. The lowest BCUT2D eigenvalue weighted by Crippen LogP contribution is -2.45. The fourth-order valence-corrected chi connectivity index (χ4v) is 4.99. The molecule has 5 rings (SSSR count). The predicted molar refractivity (Wildman–Crippen MR) is 120 cm³/mol. The second kappa shape index (κ2) is 9.48. The number of likely N-dealkylation sites (tertiary alicyclic amines) is 1. The number of ether oxygens (including phenoxy) is 1. The second-order valence-electron chi connectivity index (χ2n) is 8.71. The number of hydrogen-bond donors (Lipinski definition) is 2. The van der Waals surface area contributed by atoms with E-state index in [4.69, 9.17) is 4.74 Å². The molecule has 0 bridgehead atoms. The number of nitrogens with zero attached hydrogens (tertiary/aromatic N) is 2. The van der Waals surface area contributed by atoms with Crippen molar-refractivity contribution >= 4 is 10.9 Å². The quantitative estimate of drug-likeness (QED) is 0.580. The first-order chi connectivity index (χ1) is 15.7. The van der Waals surface area contributed by atoms with E-state index in [1.807, 2.05) is 12.3 Å². The molecule has 0 spiro atoms. The van der Waals surface area contributed by atoms with Gasteiger partial charge in [-0.3, -0.25) is 20.7 Å². The van der Waals surface area contributed by atoms with Crippen molar-refractivity contribution in [1.82, 2.24) is 20.7 Å². The van der Waals surface area contributed by atoms with Crippen LogP contribution in [0.3, 0.4) is 0 Å². The Balaban J connectivity index is 1.16. The van der Waals surface area contributed by atoms with Crippen LogP contribution < -0.4 is 15.6 Å². The van der Waals surface area contributed by atoms with Gasteiger partial charge in [0.05, 0.1) is 12.1 Å². The summed E-state index contributed by atoms with van der Waals surface area (Å²) >= 11 is 0. The monoisotopic (exact) mass is 438 g/mol. The number of aromatic nitrogens is 1. The molecule has 2 aliphatic rings. The summed E-state index contributed by atoms with van der Waals surface area (Å²) in [4.78, 5) is 7.07. The molecule has 0 radical (unpaired) electrons. The number of hydrazine groups is 1. The van der Waals surface area contributed by atoms with Gasteiger partial charge in [0.2, 0.25) is 0 Å². The average molecular weight is 439 g/mol. The molecule has 5 nitrogen and oxygen atoms in total. The highest BCUT2D eigenvalue weighted by molar-refractivity contribution is 5.81. The SMILES string of the molecule is Fc1ccc(OCCC2CC(C3CCCN3Cc3ccnc4ccccc34)NN2)cc1F. The smallest absolute Gasteiger partial charge is 0.162 e. The van der Waals surface area contributed by atoms with Crippen molar-refractivity contribution in [3.05, 3.63) is 71.9 Å². The van der Waals surface area contributed by atoms with E-state index >= 15 is 0 Å². The molecule has 7 heteroatoms. The van der Waals surface area contributed by atoms with Crippen molar-refractivity contribution in [3.63, 3.8) is 0 Å². The molecule has 2 N–H and O–H groups in total. The molecule has 168 valence electrons. The molecule has 0 saturated carbocycles. The van der Waals surface area contributed by atoms with E-state index in [1.54, 1.807) is 0 Å². The molecular formula is C25H28F2N4O. The Labute approximate surface area is 186 Å². The minimum atomic E-state index is -0.883. The van der Waals surface area contributed by atoms with Crippen LogP contribution in [0.25, 0.3) is 10.9 Å². The van der Waals surface area contributed by atoms with E-state index in [2.05, 4.69) is 45.0 Å². The number of fused-ring (bicyclic) bond motifs is 1. The summed E-state index contributed by atoms with van der Waals surface area (Å²) in [5.74, 6) is -1.38. The van der Waals surface area contributed by atoms with Crippen molar-refractivity contribution in [2.45, 2.75) is 50.4 Å². The maximum atomic E-state index is 13.3. The fourth-order valence-electron chi connectivity index (χ4n) is 4.99. The zero-order valence-corrected chi connectivity index (χ0v) is 17.9. The van der Waals surface area contributed by atoms with Gasteiger partial charge in [0.1, 0.15) is 5.75 Å². The first-order valence-electron chi connectivity index (χ1n) is 11.3. The van der Waals surface area contributed by atoms with Crippen LogP contribution in [0, 0.1) is 11.6 Å². The summed E-state index contributed by atoms with van der Waals surface area (Å²) < 4.78 is 32.0. The fraction of sp³-hybridized carbons (Fsp3) is 0.400. The van der Waals surface area contributed by atoms with Crippen molar-refractivity contribution in [3.8, 4) is 5.75 Å². The van der Waals surface area contributed by atoms with Gasteiger partial charge in [0.25, 0.3) is 0 Å². The lowest BCUT2D eigenvalue weighted by atomic mass is 9.99. The first kappa shape index (κ1) is 21.2. The Morgan fingerprint density at radius 1 is 1.06 bits per heavy atom. The zero-order chi connectivity index (χ0) is 21.9. The van der Waals surface area contributed by atoms with Crippen molar-refractivity contribution < 1.29 is 13.5 Å². The van der Waals surface area contributed by atoms with Crippen LogP contribution in [0.2, 0.25) is 0 Å². The van der Waals surface area contributed by atoms with Gasteiger partial charge in [-0.1, -0.05) is 18.2 Å². The van der Waals surface area contributed by atoms with Gasteiger partial charge in [0, 0.05) is 42.3 Å². The number of halogens is 2. The average Bonchev–Trinajstić information content (AvgIpc) is 3.46. The molecule has 1 aromatic heterocycles. The molecule has 2 aliphatic heterocycles. The summed E-state index contributed by atoms with van der Waals surface area (Å²) in [6.07, 6.45) is 6.10. The molecule has 2 fully saturated rings. The lowest BCUT2D eigenvalue weighted by molar-refractivity contribution is 0.203. The molecule has 3 unspecified atom stereocenters. The van der Waals surface area contributed by atoms with Crippen LogP contribution in [-0.2, 0) is 6.54 Å². The summed E-state index contributed by atoms with van der Waals surface area (Å²) in [6.45, 7) is 2.48. The van der Waals surface area contributed by atoms with Crippen LogP contribution >= 0.6 is 0 Å². The number of pyridine rings is 1. The van der Waals surface area contributed by atoms with E-state index in [0.717, 1.165) is 43.6 Å². The van der Waals surface area contributed by atoms with Gasteiger partial charge in [-0.25, -0.2) is 8.78 Å². The number of hydrogen-bond acceptors (Lipinski definition) is 5. The second-order valence-corrected chi connectivity index (χ2v) is 8.71. The minimum absolute atomic E-state index is 0.287. The maximum absolute atomic E-state index is 13.3. The number of rotatable bonds is 7. The summed E-state index contributed by atoms with van der Waals surface area (Å²) in [7, 11) is 0. The van der Waals surface area contributed by atoms with E-state index in [9.17, 15) is 8.78 Å². The van der Waals surface area contributed by atoms with Gasteiger partial charge in [0.15, 0.2) is 11.6 Å². The van der Waals surface area contributed by atoms with Crippen LogP contribution in [0.1, 0.15) is 31.2 Å². The summed E-state index contributed by atoms with van der Waals surface area (Å²) in [6, 6.07) is 15.2. The van der Waals surface area contributed by atoms with Gasteiger partial charge >= 0.3 is 0 Å². The van der Waals surface area contributed by atoms with Crippen LogP contribution in [-0.4, -0.2) is 41.2 Å². The van der Waals surface area contributed by atoms with E-state index in [-0.39, 0.29) is 6.04 Å². The summed E-state index contributed by atoms with van der Waals surface area (Å²) in [5, 5.41) is 1.23. The van der Waals surface area contributed by atoms with Crippen molar-refractivity contribution in [2.75, 3.05) is 13.2 Å². The van der Waals surface area contributed by atoms with E-state index in [1.165, 1.54) is 29.9 Å². The lowest BCUT2D eigenvalue weighted by Gasteiger charge is -2.29. The maximum Gasteiger partial charge on any atom is 0.162 e. The Morgan fingerprint density at radius 3 is 2.88 bits per heavy atom. The van der Waals surface area contributed by atoms with Crippen LogP contribution in [0.5, 0.6) is 5.75 Å². The van der Waals surface area contributed by atoms with E-state index < -0.39 is 11.6 Å². The standard InChI is InChI=1S/C25H28F2N4O/c26-21-8-7-19(15-22(21)27)32-13-10-18-14-24(30-29-18)25-6-3-12-31(25)16-17-9-11-28-23-5-2-1-4-20(17)23/h1-2,4-5,7-9,11,15,18,24-25,29-30H,3,6,10,12-14,16H2. The molecule has 2 aromatic carbocycles. The van der Waals surface area contributed by atoms with Crippen LogP contribution in [0.15, 0.2) is 54.7 Å². The molecule has 2 saturated heterocycles. The normalized spacial score (nSPS) is 23.8. The predicted octanol–water partition coefficient (Wildman–Crippen LogP) is 4.18. The molecule has 32 heavy (non-hydrogen) atoms. The van der Waals surface area contributed by atoms with Gasteiger partial charge in [-0.05, 0) is 62.1 Å². The highest BCUT2D eigenvalue weighted by Gasteiger charge is 2.36. The largest absolute Gasteiger partial charge is 0.493 e. The van der Waals surface area contributed by atoms with E-state index in [0.29, 0.717) is 24.4 Å². The van der Waals surface area contributed by atoms with Gasteiger partial charge < -0.3 is 4.74 Å². The zero-order valence-electron chi connectivity index (χ0n) is 17.9. The Hall–Kier alpha value is -2.61. The molecule has 3 heterocycles. The molecule has 3 atom stereocenters. The third kappa shape index (κ3) is 4.60. The Kier molecular flexibility index (Phi) is 6.30. The number of para-hydroxylation sites is 1. The third-order valence-corrected chi connectivity index (χ3v) is 6.63. The number of nitrogens with one attached hydrogen (secondary N) is 2. The first-order valence-corrected chi connectivity index (χ1v) is 11.3. The minimum Gasteiger partial charge on any atom is -0.493 e. The van der Waals surface area contributed by atoms with Gasteiger partial charge in [-0.2, -0.15) is 0 Å². The topological polar surface area (TPSA) is 49.4 Å². The van der Waals surface area contributed by atoms with Crippen molar-refractivity contribution in [1.29, 1.82) is 0 Å². The molecule has 3 aromatic rings. The number of benzene rings is 2. The van der Waals surface area contributed by atoms with Crippen LogP contribution in [0.4, 0.5) is 8.78 Å². The highest BCUT2D eigenvalue weighted by Crippen LogP contribution is 2.28. The van der Waals surface area contributed by atoms with Crippen molar-refractivity contribution in [2.24, 2.45) is 0 Å². The third-order valence-electron chi connectivity index (χ3n) is 6.63. The summed E-state index contributed by atoms with van der Waals surface area (Å²) in [5.41, 5.74) is 9.27. The highest BCUT2D eigenvalue weighted by atomic mass is 19.2. The Morgan fingerprint density at radius 2 is 1.97 bits per heavy atom. The Bertz CT molecular complexity index is 1070. The van der Waals surface area contributed by atoms with Gasteiger partial charge in [-0.15, -0.1) is 0 Å².